The summed E-state index contributed by atoms with van der Waals surface area (Å²) in [4.78, 5) is 23.3. The highest BCUT2D eigenvalue weighted by molar-refractivity contribution is 7.89. The predicted molar refractivity (Wildman–Crippen MR) is 113 cm³/mol. The van der Waals surface area contributed by atoms with Crippen molar-refractivity contribution >= 4 is 15.9 Å². The third kappa shape index (κ3) is 4.27. The molecule has 0 bridgehead atoms. The van der Waals surface area contributed by atoms with E-state index in [1.165, 1.54) is 6.20 Å². The average molecular weight is 432 g/mol. The second-order valence-electron chi connectivity index (χ2n) is 8.60. The SMILES string of the molecule is CC1CCN(C(=O)c2cn(-c3ccc(S(=O)(=O)N4CCC[C@@H](C)C4)cn3)cn2)CC1. The lowest BCUT2D eigenvalue weighted by Gasteiger charge is -2.29. The highest BCUT2D eigenvalue weighted by Crippen LogP contribution is 2.23. The lowest BCUT2D eigenvalue weighted by atomic mass is 9.99. The van der Waals surface area contributed by atoms with Crippen LogP contribution in [0.5, 0.6) is 0 Å². The van der Waals surface area contributed by atoms with Crippen LogP contribution in [0.25, 0.3) is 5.82 Å². The van der Waals surface area contributed by atoms with Gasteiger partial charge in [0.25, 0.3) is 5.91 Å². The van der Waals surface area contributed by atoms with E-state index in [0.717, 1.165) is 38.8 Å². The summed E-state index contributed by atoms with van der Waals surface area (Å²) < 4.78 is 29.0. The van der Waals surface area contributed by atoms with Gasteiger partial charge >= 0.3 is 0 Å². The van der Waals surface area contributed by atoms with Crippen LogP contribution in [0.15, 0.2) is 35.7 Å². The van der Waals surface area contributed by atoms with Gasteiger partial charge in [0.05, 0.1) is 0 Å². The molecule has 0 radical (unpaired) electrons. The summed E-state index contributed by atoms with van der Waals surface area (Å²) in [7, 11) is -3.54. The van der Waals surface area contributed by atoms with Gasteiger partial charge in [-0.3, -0.25) is 9.36 Å². The molecule has 0 N–H and O–H groups in total. The number of nitrogens with zero attached hydrogens (tertiary/aromatic N) is 5. The number of carbonyl (C=O) groups is 1. The second kappa shape index (κ2) is 8.47. The van der Waals surface area contributed by atoms with Gasteiger partial charge in [-0.05, 0) is 49.7 Å². The molecule has 2 fully saturated rings. The Kier molecular flexibility index (Phi) is 5.92. The number of hydrogen-bond donors (Lipinski definition) is 0. The Morgan fingerprint density at radius 2 is 1.80 bits per heavy atom. The Morgan fingerprint density at radius 1 is 1.03 bits per heavy atom. The van der Waals surface area contributed by atoms with E-state index in [0.29, 0.717) is 36.4 Å². The minimum Gasteiger partial charge on any atom is -0.337 e. The van der Waals surface area contributed by atoms with Crippen LogP contribution in [-0.4, -0.2) is 64.2 Å². The molecule has 2 aliphatic heterocycles. The van der Waals surface area contributed by atoms with Crippen LogP contribution in [0.1, 0.15) is 50.0 Å². The summed E-state index contributed by atoms with van der Waals surface area (Å²) in [6, 6.07) is 3.23. The van der Waals surface area contributed by atoms with E-state index in [-0.39, 0.29) is 10.8 Å². The van der Waals surface area contributed by atoms with Crippen LogP contribution in [0.2, 0.25) is 0 Å². The first-order valence-corrected chi connectivity index (χ1v) is 12.1. The number of amides is 1. The molecule has 0 spiro atoms. The number of piperidine rings is 2. The molecule has 2 aromatic rings. The van der Waals surface area contributed by atoms with Gasteiger partial charge < -0.3 is 4.90 Å². The van der Waals surface area contributed by atoms with Crippen molar-refractivity contribution in [3.63, 3.8) is 0 Å². The zero-order valence-corrected chi connectivity index (χ0v) is 18.4. The molecule has 0 aromatic carbocycles. The molecule has 1 atom stereocenters. The van der Waals surface area contributed by atoms with Gasteiger partial charge in [-0.25, -0.2) is 18.4 Å². The summed E-state index contributed by atoms with van der Waals surface area (Å²) in [6.07, 6.45) is 8.55. The van der Waals surface area contributed by atoms with E-state index >= 15 is 0 Å². The maximum absolute atomic E-state index is 12.9. The summed E-state index contributed by atoms with van der Waals surface area (Å²) >= 11 is 0. The Morgan fingerprint density at radius 3 is 2.47 bits per heavy atom. The van der Waals surface area contributed by atoms with Gasteiger partial charge in [0, 0.05) is 38.6 Å². The van der Waals surface area contributed by atoms with Crippen LogP contribution in [0.3, 0.4) is 0 Å². The van der Waals surface area contributed by atoms with Crippen LogP contribution in [-0.2, 0) is 10.0 Å². The van der Waals surface area contributed by atoms with Crippen molar-refractivity contribution in [2.45, 2.75) is 44.4 Å². The maximum atomic E-state index is 12.9. The summed E-state index contributed by atoms with van der Waals surface area (Å²) in [5.41, 5.74) is 0.380. The molecule has 30 heavy (non-hydrogen) atoms. The molecule has 4 rings (SSSR count). The van der Waals surface area contributed by atoms with Crippen molar-refractivity contribution < 1.29 is 13.2 Å². The molecule has 8 nitrogen and oxygen atoms in total. The number of sulfonamides is 1. The standard InChI is InChI=1S/C21H29N5O3S/c1-16-7-10-24(11-8-16)21(27)19-14-25(15-23-19)20-6-5-18(12-22-20)30(28,29)26-9-3-4-17(2)13-26/h5-6,12,14-17H,3-4,7-11,13H2,1-2H3/t17-/m1/s1. The molecule has 4 heterocycles. The fourth-order valence-corrected chi connectivity index (χ4v) is 5.67. The first kappa shape index (κ1) is 21.0. The largest absolute Gasteiger partial charge is 0.337 e. The summed E-state index contributed by atoms with van der Waals surface area (Å²) in [5.74, 6) is 1.48. The van der Waals surface area contributed by atoms with Crippen LogP contribution < -0.4 is 0 Å². The predicted octanol–water partition coefficient (Wildman–Crippen LogP) is 2.56. The third-order valence-electron chi connectivity index (χ3n) is 6.12. The zero-order valence-electron chi connectivity index (χ0n) is 17.6. The van der Waals surface area contributed by atoms with Crippen LogP contribution >= 0.6 is 0 Å². The molecular weight excluding hydrogens is 402 g/mol. The fourth-order valence-electron chi connectivity index (χ4n) is 4.12. The van der Waals surface area contributed by atoms with E-state index < -0.39 is 10.0 Å². The lowest BCUT2D eigenvalue weighted by Crippen LogP contribution is -2.39. The molecule has 1 amide bonds. The minimum absolute atomic E-state index is 0.0703. The topological polar surface area (TPSA) is 88.4 Å². The molecule has 2 aliphatic rings. The number of pyridine rings is 1. The Bertz CT molecular complexity index is 994. The average Bonchev–Trinajstić information content (AvgIpc) is 3.24. The molecule has 9 heteroatoms. The normalized spacial score (nSPS) is 21.7. The number of hydrogen-bond acceptors (Lipinski definition) is 5. The van der Waals surface area contributed by atoms with Crippen molar-refractivity contribution in [2.24, 2.45) is 11.8 Å². The number of likely N-dealkylation sites (tertiary alicyclic amines) is 1. The molecule has 2 saturated heterocycles. The molecule has 0 saturated carbocycles. The van der Waals surface area contributed by atoms with Gasteiger partial charge in [-0.1, -0.05) is 13.8 Å². The highest BCUT2D eigenvalue weighted by atomic mass is 32.2. The number of aromatic nitrogens is 3. The third-order valence-corrected chi connectivity index (χ3v) is 7.96. The van der Waals surface area contributed by atoms with Crippen LogP contribution in [0.4, 0.5) is 0 Å². The van der Waals surface area contributed by atoms with Crippen molar-refractivity contribution in [1.29, 1.82) is 0 Å². The van der Waals surface area contributed by atoms with Gasteiger partial charge in [0.2, 0.25) is 10.0 Å². The number of imidazole rings is 1. The van der Waals surface area contributed by atoms with E-state index in [9.17, 15) is 13.2 Å². The molecule has 0 aliphatic carbocycles. The van der Waals surface area contributed by atoms with Gasteiger partial charge in [-0.2, -0.15) is 4.31 Å². The Labute approximate surface area is 178 Å². The smallest absolute Gasteiger partial charge is 0.274 e. The van der Waals surface area contributed by atoms with Crippen molar-refractivity contribution in [1.82, 2.24) is 23.7 Å². The molecule has 162 valence electrons. The first-order chi connectivity index (χ1) is 14.3. The molecule has 0 unspecified atom stereocenters. The number of carbonyl (C=O) groups excluding carboxylic acids is 1. The van der Waals surface area contributed by atoms with Crippen molar-refractivity contribution in [2.75, 3.05) is 26.2 Å². The van der Waals surface area contributed by atoms with Crippen LogP contribution in [0, 0.1) is 11.8 Å². The van der Waals surface area contributed by atoms with Crippen molar-refractivity contribution in [3.05, 3.63) is 36.5 Å². The zero-order chi connectivity index (χ0) is 21.3. The Balaban J connectivity index is 1.48. The fraction of sp³-hybridized carbons (Fsp3) is 0.571. The van der Waals surface area contributed by atoms with Crippen molar-refractivity contribution in [3.8, 4) is 5.82 Å². The lowest BCUT2D eigenvalue weighted by molar-refractivity contribution is 0.0692. The van der Waals surface area contributed by atoms with E-state index in [4.69, 9.17) is 0 Å². The van der Waals surface area contributed by atoms with Gasteiger partial charge in [0.1, 0.15) is 22.7 Å². The van der Waals surface area contributed by atoms with Gasteiger partial charge in [-0.15, -0.1) is 0 Å². The summed E-state index contributed by atoms with van der Waals surface area (Å²) in [6.45, 7) is 6.89. The van der Waals surface area contributed by atoms with E-state index in [1.807, 2.05) is 4.90 Å². The van der Waals surface area contributed by atoms with E-state index in [2.05, 4.69) is 23.8 Å². The molecular formula is C21H29N5O3S. The first-order valence-electron chi connectivity index (χ1n) is 10.6. The maximum Gasteiger partial charge on any atom is 0.274 e. The summed E-state index contributed by atoms with van der Waals surface area (Å²) in [5, 5.41) is 0. The number of rotatable bonds is 4. The molecule has 2 aromatic heterocycles. The second-order valence-corrected chi connectivity index (χ2v) is 10.5. The monoisotopic (exact) mass is 431 g/mol. The quantitative estimate of drug-likeness (QED) is 0.742. The highest BCUT2D eigenvalue weighted by Gasteiger charge is 2.29. The minimum atomic E-state index is -3.54. The van der Waals surface area contributed by atoms with E-state index in [1.54, 1.807) is 33.5 Å². The van der Waals surface area contributed by atoms with Gasteiger partial charge in [0.15, 0.2) is 0 Å². The Hall–Kier alpha value is -2.26.